The van der Waals surface area contributed by atoms with Crippen LogP contribution in [-0.4, -0.2) is 9.91 Å². The third kappa shape index (κ3) is 2.32. The second-order valence-electron chi connectivity index (χ2n) is 3.63. The monoisotopic (exact) mass is 249 g/mol. The lowest BCUT2D eigenvalue weighted by Gasteiger charge is -1.99. The van der Waals surface area contributed by atoms with Gasteiger partial charge in [-0.3, -0.25) is 10.1 Å². The summed E-state index contributed by atoms with van der Waals surface area (Å²) in [7, 11) is 0. The molecule has 6 heteroatoms. The van der Waals surface area contributed by atoms with Crippen LogP contribution in [0.4, 0.5) is 5.69 Å². The van der Waals surface area contributed by atoms with Gasteiger partial charge < -0.3 is 5.73 Å². The number of benzene rings is 1. The van der Waals surface area contributed by atoms with Crippen molar-refractivity contribution in [1.29, 1.82) is 0 Å². The van der Waals surface area contributed by atoms with E-state index >= 15 is 0 Å². The molecule has 1 heterocycles. The second kappa shape index (κ2) is 4.60. The number of rotatable bonds is 3. The van der Waals surface area contributed by atoms with Crippen molar-refractivity contribution in [3.8, 4) is 10.6 Å². The molecule has 1 aromatic carbocycles. The quantitative estimate of drug-likeness (QED) is 0.669. The first-order chi connectivity index (χ1) is 8.09. The minimum atomic E-state index is -0.401. The molecule has 0 radical (unpaired) electrons. The molecular weight excluding hydrogens is 238 g/mol. The van der Waals surface area contributed by atoms with E-state index in [2.05, 4.69) is 4.98 Å². The van der Waals surface area contributed by atoms with Crippen molar-refractivity contribution in [2.24, 2.45) is 5.73 Å². The van der Waals surface area contributed by atoms with Crippen LogP contribution in [0.15, 0.2) is 30.5 Å². The molecule has 0 fully saturated rings. The maximum atomic E-state index is 10.9. The van der Waals surface area contributed by atoms with Crippen LogP contribution in [0.3, 0.4) is 0 Å². The molecule has 0 amide bonds. The molecule has 1 atom stereocenters. The normalized spacial score (nSPS) is 12.4. The molecule has 0 aliphatic carbocycles. The van der Waals surface area contributed by atoms with Crippen LogP contribution in [0.1, 0.15) is 17.8 Å². The third-order valence-corrected chi connectivity index (χ3v) is 3.54. The van der Waals surface area contributed by atoms with E-state index in [-0.39, 0.29) is 11.7 Å². The molecule has 0 bridgehead atoms. The molecule has 0 saturated carbocycles. The Morgan fingerprint density at radius 1 is 1.47 bits per heavy atom. The molecule has 5 nitrogen and oxygen atoms in total. The van der Waals surface area contributed by atoms with Crippen LogP contribution in [0.25, 0.3) is 10.6 Å². The summed E-state index contributed by atoms with van der Waals surface area (Å²) in [5.41, 5.74) is 6.34. The number of nitrogens with zero attached hydrogens (tertiary/aromatic N) is 2. The van der Waals surface area contributed by atoms with E-state index in [1.54, 1.807) is 24.4 Å². The number of hydrogen-bond acceptors (Lipinski definition) is 5. The number of nitro benzene ring substituents is 1. The van der Waals surface area contributed by atoms with E-state index in [1.165, 1.54) is 17.4 Å². The molecule has 0 spiro atoms. The lowest BCUT2D eigenvalue weighted by Crippen LogP contribution is -2.01. The van der Waals surface area contributed by atoms with Gasteiger partial charge >= 0.3 is 0 Å². The van der Waals surface area contributed by atoms with Gasteiger partial charge in [0.25, 0.3) is 5.69 Å². The summed E-state index contributed by atoms with van der Waals surface area (Å²) < 4.78 is 0. The van der Waals surface area contributed by atoms with Gasteiger partial charge in [-0.05, 0) is 13.0 Å². The van der Waals surface area contributed by atoms with E-state index in [9.17, 15) is 10.1 Å². The third-order valence-electron chi connectivity index (χ3n) is 2.30. The highest BCUT2D eigenvalue weighted by molar-refractivity contribution is 7.15. The molecule has 0 aliphatic rings. The summed E-state index contributed by atoms with van der Waals surface area (Å²) in [6, 6.07) is 6.46. The van der Waals surface area contributed by atoms with Gasteiger partial charge in [-0.1, -0.05) is 12.1 Å². The van der Waals surface area contributed by atoms with E-state index in [0.29, 0.717) is 10.6 Å². The molecule has 2 aromatic rings. The lowest BCUT2D eigenvalue weighted by atomic mass is 10.2. The van der Waals surface area contributed by atoms with Crippen LogP contribution < -0.4 is 5.73 Å². The number of nitro groups is 1. The first-order valence-corrected chi connectivity index (χ1v) is 5.86. The zero-order chi connectivity index (χ0) is 12.4. The van der Waals surface area contributed by atoms with Crippen molar-refractivity contribution in [3.05, 3.63) is 45.5 Å². The Bertz CT molecular complexity index is 551. The van der Waals surface area contributed by atoms with Crippen molar-refractivity contribution in [3.63, 3.8) is 0 Å². The van der Waals surface area contributed by atoms with Crippen LogP contribution in [0, 0.1) is 10.1 Å². The van der Waals surface area contributed by atoms with Crippen LogP contribution in [0.2, 0.25) is 0 Å². The first kappa shape index (κ1) is 11.7. The first-order valence-electron chi connectivity index (χ1n) is 5.04. The van der Waals surface area contributed by atoms with Crippen molar-refractivity contribution < 1.29 is 4.92 Å². The molecule has 17 heavy (non-hydrogen) atoms. The van der Waals surface area contributed by atoms with E-state index < -0.39 is 4.92 Å². The van der Waals surface area contributed by atoms with Crippen LogP contribution in [0.5, 0.6) is 0 Å². The summed E-state index contributed by atoms with van der Waals surface area (Å²) in [6.07, 6.45) is 1.67. The Balaban J connectivity index is 2.49. The largest absolute Gasteiger partial charge is 0.323 e. The number of para-hydroxylation sites is 1. The smallest absolute Gasteiger partial charge is 0.279 e. The SMILES string of the molecule is CC(N)c1cnc(-c2ccccc2[N+](=O)[O-])s1. The van der Waals surface area contributed by atoms with Gasteiger partial charge in [0.1, 0.15) is 5.01 Å². The van der Waals surface area contributed by atoms with Gasteiger partial charge in [-0.25, -0.2) is 4.98 Å². The summed E-state index contributed by atoms with van der Waals surface area (Å²) in [5.74, 6) is 0. The number of hydrogen-bond donors (Lipinski definition) is 1. The topological polar surface area (TPSA) is 82.0 Å². The van der Waals surface area contributed by atoms with Gasteiger partial charge in [0.15, 0.2) is 0 Å². The fourth-order valence-corrected chi connectivity index (χ4v) is 2.34. The Morgan fingerprint density at radius 3 is 2.76 bits per heavy atom. The van der Waals surface area contributed by atoms with Crippen molar-refractivity contribution in [1.82, 2.24) is 4.98 Å². The molecule has 0 saturated heterocycles. The van der Waals surface area contributed by atoms with Gasteiger partial charge in [-0.2, -0.15) is 0 Å². The highest BCUT2D eigenvalue weighted by Crippen LogP contribution is 2.33. The fourth-order valence-electron chi connectivity index (χ4n) is 1.44. The highest BCUT2D eigenvalue weighted by Gasteiger charge is 2.17. The van der Waals surface area contributed by atoms with Gasteiger partial charge in [-0.15, -0.1) is 11.3 Å². The molecule has 1 unspecified atom stereocenters. The van der Waals surface area contributed by atoms with Crippen LogP contribution >= 0.6 is 11.3 Å². The van der Waals surface area contributed by atoms with E-state index in [1.807, 2.05) is 6.92 Å². The Labute approximate surface area is 102 Å². The maximum Gasteiger partial charge on any atom is 0.279 e. The zero-order valence-electron chi connectivity index (χ0n) is 9.16. The number of thiazole rings is 1. The van der Waals surface area contributed by atoms with Crippen molar-refractivity contribution in [2.75, 3.05) is 0 Å². The molecule has 2 rings (SSSR count). The molecule has 2 N–H and O–H groups in total. The van der Waals surface area contributed by atoms with Gasteiger partial charge in [0, 0.05) is 23.2 Å². The van der Waals surface area contributed by atoms with Gasteiger partial charge in [0.05, 0.1) is 10.5 Å². The maximum absolute atomic E-state index is 10.9. The Morgan fingerprint density at radius 2 is 2.18 bits per heavy atom. The standard InChI is InChI=1S/C11H11N3O2S/c1-7(12)10-6-13-11(17-10)8-4-2-3-5-9(8)14(15)16/h2-7H,12H2,1H3. The number of aromatic nitrogens is 1. The molecular formula is C11H11N3O2S. The minimum absolute atomic E-state index is 0.0677. The molecule has 88 valence electrons. The highest BCUT2D eigenvalue weighted by atomic mass is 32.1. The van der Waals surface area contributed by atoms with Crippen LogP contribution in [-0.2, 0) is 0 Å². The van der Waals surface area contributed by atoms with E-state index in [0.717, 1.165) is 4.88 Å². The predicted molar refractivity (Wildman–Crippen MR) is 66.8 cm³/mol. The number of nitrogens with two attached hydrogens (primary N) is 1. The second-order valence-corrected chi connectivity index (χ2v) is 4.69. The zero-order valence-corrected chi connectivity index (χ0v) is 9.98. The summed E-state index contributed by atoms with van der Waals surface area (Å²) in [4.78, 5) is 15.6. The Kier molecular flexibility index (Phi) is 3.16. The lowest BCUT2D eigenvalue weighted by molar-refractivity contribution is -0.384. The minimum Gasteiger partial charge on any atom is -0.323 e. The summed E-state index contributed by atoms with van der Waals surface area (Å²) in [6.45, 7) is 1.86. The van der Waals surface area contributed by atoms with Crippen molar-refractivity contribution >= 4 is 17.0 Å². The average Bonchev–Trinajstić information content (AvgIpc) is 2.78. The fraction of sp³-hybridized carbons (Fsp3) is 0.182. The predicted octanol–water partition coefficient (Wildman–Crippen LogP) is 2.74. The Hall–Kier alpha value is -1.79. The van der Waals surface area contributed by atoms with Crippen molar-refractivity contribution in [2.45, 2.75) is 13.0 Å². The molecule has 0 aliphatic heterocycles. The van der Waals surface area contributed by atoms with Gasteiger partial charge in [0.2, 0.25) is 0 Å². The summed E-state index contributed by atoms with van der Waals surface area (Å²) in [5, 5.41) is 11.5. The van der Waals surface area contributed by atoms with E-state index in [4.69, 9.17) is 5.73 Å². The summed E-state index contributed by atoms with van der Waals surface area (Å²) >= 11 is 1.39. The molecule has 1 aromatic heterocycles. The average molecular weight is 249 g/mol.